The van der Waals surface area contributed by atoms with Gasteiger partial charge in [0, 0.05) is 11.5 Å². The lowest BCUT2D eigenvalue weighted by atomic mass is 9.87. The second-order valence-corrected chi connectivity index (χ2v) is 5.32. The maximum absolute atomic E-state index is 12.6. The van der Waals surface area contributed by atoms with E-state index in [1.807, 2.05) is 6.07 Å². The Morgan fingerprint density at radius 3 is 2.06 bits per heavy atom. The lowest BCUT2D eigenvalue weighted by Gasteiger charge is -2.16. The summed E-state index contributed by atoms with van der Waals surface area (Å²) in [4.78, 5) is 12.6. The molecule has 0 aromatic heterocycles. The first-order chi connectivity index (χ1) is 8.20. The Kier molecular flexibility index (Phi) is 3.98. The molecule has 0 bridgehead atoms. The quantitative estimate of drug-likeness (QED) is 0.541. The van der Waals surface area contributed by atoms with E-state index in [1.165, 1.54) is 25.7 Å². The van der Waals surface area contributed by atoms with Crippen LogP contribution in [0.1, 0.15) is 60.0 Å². The third-order valence-electron chi connectivity index (χ3n) is 3.95. The number of ketones is 1. The van der Waals surface area contributed by atoms with E-state index in [0.717, 1.165) is 29.5 Å². The van der Waals surface area contributed by atoms with Crippen molar-refractivity contribution in [1.29, 1.82) is 0 Å². The lowest BCUT2D eigenvalue weighted by molar-refractivity contribution is 0.0906. The van der Waals surface area contributed by atoms with Crippen LogP contribution in [0.4, 0.5) is 0 Å². The molecule has 1 aliphatic carbocycles. The monoisotopic (exact) mass is 230 g/mol. The van der Waals surface area contributed by atoms with Gasteiger partial charge in [-0.15, -0.1) is 0 Å². The minimum absolute atomic E-state index is 0.275. The van der Waals surface area contributed by atoms with Gasteiger partial charge in [-0.25, -0.2) is 0 Å². The summed E-state index contributed by atoms with van der Waals surface area (Å²) >= 11 is 0. The fourth-order valence-electron chi connectivity index (χ4n) is 2.95. The van der Waals surface area contributed by atoms with Crippen molar-refractivity contribution >= 4 is 5.78 Å². The molecular formula is C16H22O. The Morgan fingerprint density at radius 2 is 1.53 bits per heavy atom. The standard InChI is InChI=1S/C16H22O/c1-12-8-7-9-13(2)15(12)16(17)14-10-5-3-4-6-11-14/h7-9,14H,3-6,10-11H2,1-2H3. The molecule has 0 amide bonds. The zero-order valence-corrected chi connectivity index (χ0v) is 11.0. The van der Waals surface area contributed by atoms with Crippen LogP contribution in [0, 0.1) is 19.8 Å². The molecule has 0 N–H and O–H groups in total. The molecule has 0 radical (unpaired) electrons. The molecule has 17 heavy (non-hydrogen) atoms. The largest absolute Gasteiger partial charge is 0.294 e. The highest BCUT2D eigenvalue weighted by Gasteiger charge is 2.23. The van der Waals surface area contributed by atoms with Crippen molar-refractivity contribution in [2.75, 3.05) is 0 Å². The van der Waals surface area contributed by atoms with E-state index in [2.05, 4.69) is 26.0 Å². The van der Waals surface area contributed by atoms with Crippen molar-refractivity contribution in [2.45, 2.75) is 52.4 Å². The molecule has 0 atom stereocenters. The zero-order valence-electron chi connectivity index (χ0n) is 11.0. The molecule has 0 aliphatic heterocycles. The Labute approximate surface area is 104 Å². The minimum atomic E-state index is 0.275. The molecule has 1 nitrogen and oxygen atoms in total. The van der Waals surface area contributed by atoms with Gasteiger partial charge in [-0.1, -0.05) is 43.9 Å². The Hall–Kier alpha value is -1.11. The summed E-state index contributed by atoms with van der Waals surface area (Å²) in [5.41, 5.74) is 3.26. The van der Waals surface area contributed by atoms with Crippen molar-refractivity contribution < 1.29 is 4.79 Å². The van der Waals surface area contributed by atoms with Crippen LogP contribution in [0.15, 0.2) is 18.2 Å². The van der Waals surface area contributed by atoms with Crippen molar-refractivity contribution in [3.8, 4) is 0 Å². The first-order valence-corrected chi connectivity index (χ1v) is 6.80. The van der Waals surface area contributed by atoms with Gasteiger partial charge < -0.3 is 0 Å². The van der Waals surface area contributed by atoms with E-state index in [-0.39, 0.29) is 5.92 Å². The third kappa shape index (κ3) is 2.77. The summed E-state index contributed by atoms with van der Waals surface area (Å²) in [7, 11) is 0. The van der Waals surface area contributed by atoms with Gasteiger partial charge in [0.2, 0.25) is 0 Å². The van der Waals surface area contributed by atoms with E-state index in [4.69, 9.17) is 0 Å². The predicted molar refractivity (Wildman–Crippen MR) is 71.4 cm³/mol. The normalized spacial score (nSPS) is 17.8. The van der Waals surface area contributed by atoms with Gasteiger partial charge in [0.05, 0.1) is 0 Å². The van der Waals surface area contributed by atoms with Gasteiger partial charge >= 0.3 is 0 Å². The second kappa shape index (κ2) is 5.48. The molecular weight excluding hydrogens is 208 g/mol. The maximum Gasteiger partial charge on any atom is 0.166 e. The van der Waals surface area contributed by atoms with Crippen LogP contribution >= 0.6 is 0 Å². The van der Waals surface area contributed by atoms with E-state index >= 15 is 0 Å². The molecule has 0 unspecified atom stereocenters. The molecule has 0 saturated heterocycles. The van der Waals surface area contributed by atoms with E-state index < -0.39 is 0 Å². The minimum Gasteiger partial charge on any atom is -0.294 e. The number of hydrogen-bond donors (Lipinski definition) is 0. The molecule has 1 heteroatoms. The van der Waals surface area contributed by atoms with Gasteiger partial charge in [-0.3, -0.25) is 4.79 Å². The van der Waals surface area contributed by atoms with Crippen LogP contribution in [0.3, 0.4) is 0 Å². The Balaban J connectivity index is 2.23. The number of hydrogen-bond acceptors (Lipinski definition) is 1. The molecule has 1 aromatic carbocycles. The zero-order chi connectivity index (χ0) is 12.3. The molecule has 1 aromatic rings. The molecule has 92 valence electrons. The molecule has 1 fully saturated rings. The average molecular weight is 230 g/mol. The molecule has 1 aliphatic rings. The van der Waals surface area contributed by atoms with E-state index in [9.17, 15) is 4.79 Å². The first-order valence-electron chi connectivity index (χ1n) is 6.80. The summed E-state index contributed by atoms with van der Waals surface area (Å²) in [6, 6.07) is 6.14. The number of rotatable bonds is 2. The molecule has 2 rings (SSSR count). The number of carbonyl (C=O) groups excluding carboxylic acids is 1. The molecule has 0 heterocycles. The SMILES string of the molecule is Cc1cccc(C)c1C(=O)C1CCCCCC1. The summed E-state index contributed by atoms with van der Waals surface area (Å²) < 4.78 is 0. The summed E-state index contributed by atoms with van der Waals surface area (Å²) in [5, 5.41) is 0. The fraction of sp³-hybridized carbons (Fsp3) is 0.562. The lowest BCUT2D eigenvalue weighted by Crippen LogP contribution is -2.16. The molecule has 0 spiro atoms. The van der Waals surface area contributed by atoms with E-state index in [1.54, 1.807) is 0 Å². The fourth-order valence-corrected chi connectivity index (χ4v) is 2.95. The Bertz CT molecular complexity index is 378. The number of Topliss-reactive ketones (excluding diaryl/α,β-unsaturated/α-hetero) is 1. The number of benzene rings is 1. The third-order valence-corrected chi connectivity index (χ3v) is 3.95. The highest BCUT2D eigenvalue weighted by atomic mass is 16.1. The van der Waals surface area contributed by atoms with Gasteiger partial charge in [-0.2, -0.15) is 0 Å². The van der Waals surface area contributed by atoms with Crippen LogP contribution < -0.4 is 0 Å². The van der Waals surface area contributed by atoms with Gasteiger partial charge in [0.25, 0.3) is 0 Å². The maximum atomic E-state index is 12.6. The molecule has 1 saturated carbocycles. The smallest absolute Gasteiger partial charge is 0.166 e. The van der Waals surface area contributed by atoms with E-state index in [0.29, 0.717) is 5.78 Å². The van der Waals surface area contributed by atoms with Gasteiger partial charge in [0.1, 0.15) is 0 Å². The van der Waals surface area contributed by atoms with Crippen molar-refractivity contribution in [1.82, 2.24) is 0 Å². The predicted octanol–water partition coefficient (Wildman–Crippen LogP) is 4.46. The topological polar surface area (TPSA) is 17.1 Å². The van der Waals surface area contributed by atoms with Crippen molar-refractivity contribution in [2.24, 2.45) is 5.92 Å². The Morgan fingerprint density at radius 1 is 1.00 bits per heavy atom. The van der Waals surface area contributed by atoms with Crippen LogP contribution in [-0.2, 0) is 0 Å². The summed E-state index contributed by atoms with van der Waals surface area (Å²) in [6.45, 7) is 4.11. The van der Waals surface area contributed by atoms with Crippen LogP contribution in [0.25, 0.3) is 0 Å². The van der Waals surface area contributed by atoms with Gasteiger partial charge in [0.15, 0.2) is 5.78 Å². The van der Waals surface area contributed by atoms with Crippen molar-refractivity contribution in [3.63, 3.8) is 0 Å². The highest BCUT2D eigenvalue weighted by molar-refractivity contribution is 6.00. The number of aryl methyl sites for hydroxylation is 2. The highest BCUT2D eigenvalue weighted by Crippen LogP contribution is 2.28. The average Bonchev–Trinajstić information content (AvgIpc) is 2.57. The van der Waals surface area contributed by atoms with Crippen LogP contribution in [0.2, 0.25) is 0 Å². The second-order valence-electron chi connectivity index (χ2n) is 5.32. The summed E-state index contributed by atoms with van der Waals surface area (Å²) in [6.07, 6.45) is 7.23. The van der Waals surface area contributed by atoms with Crippen LogP contribution in [0.5, 0.6) is 0 Å². The van der Waals surface area contributed by atoms with Gasteiger partial charge in [-0.05, 0) is 37.8 Å². The van der Waals surface area contributed by atoms with Crippen LogP contribution in [-0.4, -0.2) is 5.78 Å². The van der Waals surface area contributed by atoms with Crippen molar-refractivity contribution in [3.05, 3.63) is 34.9 Å². The summed E-state index contributed by atoms with van der Waals surface area (Å²) in [5.74, 6) is 0.666. The first kappa shape index (κ1) is 12.3. The number of carbonyl (C=O) groups is 1.